The molecule has 8 nitrogen and oxygen atoms in total. The highest BCUT2D eigenvalue weighted by Crippen LogP contribution is 2.45. The second-order valence-corrected chi connectivity index (χ2v) is 14.0. The van der Waals surface area contributed by atoms with Crippen LogP contribution < -0.4 is 11.1 Å². The van der Waals surface area contributed by atoms with E-state index in [4.69, 9.17) is 5.73 Å². The molecule has 2 atom stereocenters. The fraction of sp³-hybridized carbons (Fsp3) is 0.500. The van der Waals surface area contributed by atoms with E-state index >= 15 is 0 Å². The van der Waals surface area contributed by atoms with E-state index in [0.717, 1.165) is 37.1 Å². The van der Waals surface area contributed by atoms with E-state index in [-0.39, 0.29) is 40.8 Å². The number of amides is 1. The Morgan fingerprint density at radius 3 is 2.51 bits per heavy atom. The van der Waals surface area contributed by atoms with Crippen LogP contribution in [-0.2, 0) is 15.3 Å². The second-order valence-electron chi connectivity index (χ2n) is 11.7. The maximum atomic E-state index is 13.0. The van der Waals surface area contributed by atoms with Crippen molar-refractivity contribution in [2.24, 2.45) is 5.92 Å². The van der Waals surface area contributed by atoms with Crippen molar-refractivity contribution >= 4 is 21.6 Å². The third-order valence-electron chi connectivity index (χ3n) is 9.19. The first-order valence-corrected chi connectivity index (χ1v) is 15.8. The molecule has 1 aromatic heterocycles. The van der Waals surface area contributed by atoms with Crippen molar-refractivity contribution in [3.05, 3.63) is 65.5 Å². The molecule has 2 aliphatic heterocycles. The molecule has 4 N–H and O–H groups in total. The molecular weight excluding hydrogens is 512 g/mol. The number of hydrogen-bond donors (Lipinski definition) is 3. The Labute approximate surface area is 229 Å². The molecule has 2 saturated heterocycles. The fourth-order valence-electron chi connectivity index (χ4n) is 6.78. The first kappa shape index (κ1) is 26.3. The number of nitrogens with one attached hydrogen (secondary N) is 1. The van der Waals surface area contributed by atoms with Crippen LogP contribution in [0.4, 0.5) is 5.82 Å². The van der Waals surface area contributed by atoms with Gasteiger partial charge >= 0.3 is 0 Å². The van der Waals surface area contributed by atoms with Gasteiger partial charge in [-0.3, -0.25) is 9.69 Å². The summed E-state index contributed by atoms with van der Waals surface area (Å²) in [5.74, 6) is 0.854. The van der Waals surface area contributed by atoms with Crippen LogP contribution in [0.1, 0.15) is 54.4 Å². The number of fused-ring (bicyclic) bond motifs is 1. The van der Waals surface area contributed by atoms with Crippen molar-refractivity contribution < 1.29 is 18.3 Å². The van der Waals surface area contributed by atoms with Gasteiger partial charge in [-0.05, 0) is 67.9 Å². The number of carbonyl (C=O) groups excluding carboxylic acids is 1. The van der Waals surface area contributed by atoms with Crippen LogP contribution in [0.2, 0.25) is 0 Å². The molecule has 1 saturated carbocycles. The summed E-state index contributed by atoms with van der Waals surface area (Å²) in [7, 11) is -2.89. The summed E-state index contributed by atoms with van der Waals surface area (Å²) >= 11 is 0. The first-order valence-electron chi connectivity index (χ1n) is 14.0. The number of aliphatic hydroxyl groups excluding tert-OH is 1. The summed E-state index contributed by atoms with van der Waals surface area (Å²) in [5, 5.41) is 12.8. The van der Waals surface area contributed by atoms with Crippen molar-refractivity contribution in [3.8, 4) is 11.1 Å². The standard InChI is InChI=1S/C30H36N4O4S/c31-28-27(29(36)33-24-7-9-26(35)10-8-24)16-21(17-32-28)20-3-5-22(6-4-20)30-13-1-2-23(30)18-34(19-30)25-11-14-39(37,38)15-12-25/h2-6,13,16-17,23-26,35H,7-12,14-15,18-19H2,(H2,31,32)(H,33,36)/t23-,24?,26?,30+/m1/s1. The number of nitrogens with zero attached hydrogens (tertiary/aromatic N) is 2. The number of aromatic nitrogens is 1. The van der Waals surface area contributed by atoms with E-state index < -0.39 is 9.84 Å². The molecule has 39 heavy (non-hydrogen) atoms. The van der Waals surface area contributed by atoms with Gasteiger partial charge in [0.1, 0.15) is 15.7 Å². The number of pyridine rings is 1. The minimum absolute atomic E-state index is 0.0347. The molecule has 0 radical (unpaired) electrons. The topological polar surface area (TPSA) is 126 Å². The zero-order chi connectivity index (χ0) is 27.2. The average Bonchev–Trinajstić information content (AvgIpc) is 3.49. The Bertz CT molecular complexity index is 1410. The van der Waals surface area contributed by atoms with E-state index in [0.29, 0.717) is 43.2 Å². The number of benzene rings is 1. The van der Waals surface area contributed by atoms with Crippen LogP contribution in [0.5, 0.6) is 0 Å². The quantitative estimate of drug-likeness (QED) is 0.491. The Morgan fingerprint density at radius 1 is 1.08 bits per heavy atom. The lowest BCUT2D eigenvalue weighted by Crippen LogP contribution is -2.41. The SMILES string of the molecule is Nc1ncc(-c2ccc([C@@]34C=C=C[C@@H]3CN(C3CCS(=O)(=O)CC3)C4)cc2)cc1C(=O)NC1CCC(O)CC1. The van der Waals surface area contributed by atoms with E-state index in [1.165, 1.54) is 5.56 Å². The third kappa shape index (κ3) is 5.16. The number of hydrogen-bond acceptors (Lipinski definition) is 7. The van der Waals surface area contributed by atoms with Gasteiger partial charge in [0.15, 0.2) is 0 Å². The van der Waals surface area contributed by atoms with Gasteiger partial charge in [-0.1, -0.05) is 24.3 Å². The molecule has 3 fully saturated rings. The summed E-state index contributed by atoms with van der Waals surface area (Å²) < 4.78 is 23.9. The zero-order valence-corrected chi connectivity index (χ0v) is 22.9. The van der Waals surface area contributed by atoms with Gasteiger partial charge in [-0.15, -0.1) is 5.73 Å². The molecule has 0 bridgehead atoms. The van der Waals surface area contributed by atoms with Gasteiger partial charge in [0.05, 0.1) is 23.2 Å². The smallest absolute Gasteiger partial charge is 0.255 e. The van der Waals surface area contributed by atoms with E-state index in [1.54, 1.807) is 12.3 Å². The van der Waals surface area contributed by atoms with Crippen LogP contribution in [0, 0.1) is 5.92 Å². The van der Waals surface area contributed by atoms with Crippen molar-refractivity contribution in [3.63, 3.8) is 0 Å². The minimum Gasteiger partial charge on any atom is -0.393 e. The second kappa shape index (κ2) is 10.2. The van der Waals surface area contributed by atoms with Crippen molar-refractivity contribution in [1.29, 1.82) is 0 Å². The van der Waals surface area contributed by atoms with Crippen LogP contribution in [0.3, 0.4) is 0 Å². The van der Waals surface area contributed by atoms with E-state index in [2.05, 4.69) is 57.3 Å². The fourth-order valence-corrected chi connectivity index (χ4v) is 8.25. The number of rotatable bonds is 5. The van der Waals surface area contributed by atoms with Crippen molar-refractivity contribution in [2.45, 2.75) is 62.1 Å². The maximum absolute atomic E-state index is 13.0. The number of likely N-dealkylation sites (tertiary alicyclic amines) is 1. The summed E-state index contributed by atoms with van der Waals surface area (Å²) in [5.41, 5.74) is 12.6. The molecule has 1 aromatic carbocycles. The van der Waals surface area contributed by atoms with Crippen LogP contribution in [0.25, 0.3) is 11.1 Å². The lowest BCUT2D eigenvalue weighted by atomic mass is 9.74. The van der Waals surface area contributed by atoms with Crippen LogP contribution in [-0.4, -0.2) is 72.1 Å². The summed E-state index contributed by atoms with van der Waals surface area (Å²) in [6.45, 7) is 1.77. The number of anilines is 1. The Balaban J connectivity index is 1.18. The highest BCUT2D eigenvalue weighted by molar-refractivity contribution is 7.91. The van der Waals surface area contributed by atoms with Gasteiger partial charge in [0, 0.05) is 48.3 Å². The normalized spacial score (nSPS) is 30.3. The third-order valence-corrected chi connectivity index (χ3v) is 10.9. The molecule has 206 valence electrons. The predicted molar refractivity (Wildman–Crippen MR) is 151 cm³/mol. The maximum Gasteiger partial charge on any atom is 0.255 e. The van der Waals surface area contributed by atoms with Gasteiger partial charge in [0.2, 0.25) is 0 Å². The van der Waals surface area contributed by atoms with Crippen LogP contribution >= 0.6 is 0 Å². The van der Waals surface area contributed by atoms with Crippen LogP contribution in [0.15, 0.2) is 54.4 Å². The number of carbonyl (C=O) groups is 1. The molecule has 1 amide bonds. The Kier molecular flexibility index (Phi) is 6.88. The van der Waals surface area contributed by atoms with Crippen molar-refractivity contribution in [1.82, 2.24) is 15.2 Å². The monoisotopic (exact) mass is 548 g/mol. The Morgan fingerprint density at radius 2 is 1.79 bits per heavy atom. The van der Waals surface area contributed by atoms with Crippen molar-refractivity contribution in [2.75, 3.05) is 30.3 Å². The predicted octanol–water partition coefficient (Wildman–Crippen LogP) is 2.84. The molecule has 2 aliphatic carbocycles. The summed E-state index contributed by atoms with van der Waals surface area (Å²) in [4.78, 5) is 19.8. The molecule has 4 aliphatic rings. The number of sulfone groups is 1. The Hall–Kier alpha value is -2.97. The first-order chi connectivity index (χ1) is 18.7. The average molecular weight is 549 g/mol. The number of nitrogen functional groups attached to an aromatic ring is 1. The number of nitrogens with two attached hydrogens (primary N) is 1. The molecule has 0 unspecified atom stereocenters. The zero-order valence-electron chi connectivity index (χ0n) is 22.1. The molecule has 6 rings (SSSR count). The van der Waals surface area contributed by atoms with Gasteiger partial charge in [0.25, 0.3) is 5.91 Å². The lowest BCUT2D eigenvalue weighted by molar-refractivity contribution is 0.0868. The highest BCUT2D eigenvalue weighted by atomic mass is 32.2. The number of aliphatic hydroxyl groups is 1. The van der Waals surface area contributed by atoms with E-state index in [1.807, 2.05) is 0 Å². The molecule has 9 heteroatoms. The van der Waals surface area contributed by atoms with Gasteiger partial charge < -0.3 is 16.2 Å². The van der Waals surface area contributed by atoms with Gasteiger partial charge in [-0.2, -0.15) is 0 Å². The summed E-state index contributed by atoms with van der Waals surface area (Å²) in [6, 6.07) is 10.6. The molecule has 0 spiro atoms. The molecule has 2 aromatic rings. The molecule has 3 heterocycles. The highest BCUT2D eigenvalue weighted by Gasteiger charge is 2.48. The minimum atomic E-state index is -2.89. The van der Waals surface area contributed by atoms with Gasteiger partial charge in [-0.25, -0.2) is 13.4 Å². The largest absolute Gasteiger partial charge is 0.393 e. The molecular formula is C30H36N4O4S. The summed E-state index contributed by atoms with van der Waals surface area (Å²) in [6.07, 6.45) is 10.1. The van der Waals surface area contributed by atoms with E-state index in [9.17, 15) is 18.3 Å². The lowest BCUT2D eigenvalue weighted by Gasteiger charge is -2.33.